The van der Waals surface area contributed by atoms with Crippen LogP contribution in [0.2, 0.25) is 0 Å². The highest BCUT2D eigenvalue weighted by Crippen LogP contribution is 2.33. The monoisotopic (exact) mass is 874 g/mol. The van der Waals surface area contributed by atoms with Crippen LogP contribution in [0.5, 0.6) is 11.5 Å². The predicted molar refractivity (Wildman–Crippen MR) is 236 cm³/mol. The minimum atomic E-state index is -4.40. The lowest BCUT2D eigenvalue weighted by molar-refractivity contribution is 0.0581. The summed E-state index contributed by atoms with van der Waals surface area (Å²) >= 11 is 1.29. The van der Waals surface area contributed by atoms with Gasteiger partial charge in [-0.3, -0.25) is 25.2 Å². The van der Waals surface area contributed by atoms with Crippen LogP contribution in [0.15, 0.2) is 96.2 Å². The summed E-state index contributed by atoms with van der Waals surface area (Å²) < 4.78 is 41.3. The molecular weight excluding hydrogens is 829 g/mol. The van der Waals surface area contributed by atoms with Crippen molar-refractivity contribution in [3.63, 3.8) is 0 Å². The Balaban J connectivity index is 0.911. The topological polar surface area (TPSA) is 181 Å². The molecule has 15 nitrogen and oxygen atoms in total. The van der Waals surface area contributed by atoms with Gasteiger partial charge in [0.25, 0.3) is 21.8 Å². The van der Waals surface area contributed by atoms with Crippen LogP contribution in [0.4, 0.5) is 17.1 Å². The molecule has 0 radical (unpaired) electrons. The summed E-state index contributed by atoms with van der Waals surface area (Å²) in [6, 6.07) is 25.9. The number of anilines is 3. The van der Waals surface area contributed by atoms with Gasteiger partial charge in [-0.15, -0.1) is 0 Å². The lowest BCUT2D eigenvalue weighted by Gasteiger charge is -2.42. The highest BCUT2D eigenvalue weighted by Gasteiger charge is 2.33. The second-order valence-electron chi connectivity index (χ2n) is 15.8. The maximum absolute atomic E-state index is 13.9. The number of carbonyl (C=O) groups is 2. The molecule has 2 fully saturated rings. The van der Waals surface area contributed by atoms with Gasteiger partial charge in [-0.2, -0.15) is 0 Å². The number of ether oxygens (including phenoxy) is 2. The van der Waals surface area contributed by atoms with Crippen molar-refractivity contribution in [2.45, 2.75) is 36.7 Å². The fraction of sp³-hybridized carbons (Fsp3) is 0.311. The van der Waals surface area contributed by atoms with Crippen LogP contribution in [0.3, 0.4) is 0 Å². The van der Waals surface area contributed by atoms with Crippen LogP contribution in [-0.4, -0.2) is 104 Å². The number of carbonyl (C=O) groups excluding carboxylic acids is 2. The number of H-pyrrole nitrogens is 1. The Morgan fingerprint density at radius 1 is 0.984 bits per heavy atom. The van der Waals surface area contributed by atoms with Crippen molar-refractivity contribution in [2.75, 3.05) is 68.2 Å². The molecule has 320 valence electrons. The molecule has 1 atom stereocenters. The number of piperazine rings is 1. The van der Waals surface area contributed by atoms with Crippen molar-refractivity contribution in [1.82, 2.24) is 24.5 Å². The van der Waals surface area contributed by atoms with Crippen molar-refractivity contribution >= 4 is 61.3 Å². The van der Waals surface area contributed by atoms with Gasteiger partial charge in [-0.05, 0) is 84.2 Å². The second-order valence-corrected chi connectivity index (χ2v) is 18.3. The lowest BCUT2D eigenvalue weighted by Crippen LogP contribution is -2.54. The van der Waals surface area contributed by atoms with Crippen molar-refractivity contribution < 1.29 is 32.7 Å². The second kappa shape index (κ2) is 18.1. The number of benzene rings is 3. The van der Waals surface area contributed by atoms with E-state index >= 15 is 0 Å². The summed E-state index contributed by atoms with van der Waals surface area (Å²) in [7, 11) is -4.40. The summed E-state index contributed by atoms with van der Waals surface area (Å²) in [5, 5.41) is 16.9. The zero-order valence-electron chi connectivity index (χ0n) is 33.8. The van der Waals surface area contributed by atoms with Crippen molar-refractivity contribution in [3.05, 3.63) is 124 Å². The van der Waals surface area contributed by atoms with E-state index in [4.69, 9.17) is 9.47 Å². The number of nitrogens with one attached hydrogen (secondary N) is 4. The van der Waals surface area contributed by atoms with Gasteiger partial charge < -0.3 is 29.6 Å². The molecule has 3 aromatic heterocycles. The van der Waals surface area contributed by atoms with E-state index < -0.39 is 15.9 Å². The fourth-order valence-electron chi connectivity index (χ4n) is 8.39. The molecule has 0 bridgehead atoms. The van der Waals surface area contributed by atoms with Crippen LogP contribution in [0, 0.1) is 17.4 Å². The predicted octanol–water partition coefficient (Wildman–Crippen LogP) is 6.16. The first-order chi connectivity index (χ1) is 30.2. The minimum Gasteiger partial charge on any atom is -0.455 e. The number of nitrogens with zero attached hydrogens (tertiary/aromatic N) is 4. The number of aromatic amines is 1. The Kier molecular flexibility index (Phi) is 12.0. The smallest absolute Gasteiger partial charge is 0.268 e. The molecule has 0 spiro atoms. The maximum atomic E-state index is 13.9. The highest BCUT2D eigenvalue weighted by molar-refractivity contribution is 7.90. The molecule has 62 heavy (non-hydrogen) atoms. The van der Waals surface area contributed by atoms with Crippen molar-refractivity contribution in [3.8, 4) is 11.5 Å². The van der Waals surface area contributed by atoms with Gasteiger partial charge in [0, 0.05) is 94.5 Å². The minimum absolute atomic E-state index is 0.000301. The fourth-order valence-corrected chi connectivity index (χ4v) is 9.93. The number of amides is 2. The maximum Gasteiger partial charge on any atom is 0.268 e. The quantitative estimate of drug-likeness (QED) is 0.0835. The summed E-state index contributed by atoms with van der Waals surface area (Å²) in [4.78, 5) is 42.1. The molecule has 5 N–H and O–H groups in total. The highest BCUT2D eigenvalue weighted by atomic mass is 32.2. The van der Waals surface area contributed by atoms with Crippen LogP contribution in [0.1, 0.15) is 44.0 Å². The van der Waals surface area contributed by atoms with Gasteiger partial charge in [-0.1, -0.05) is 41.7 Å². The van der Waals surface area contributed by atoms with E-state index in [1.807, 2.05) is 23.1 Å². The number of hydrogen-bond donors (Lipinski definition) is 5. The van der Waals surface area contributed by atoms with Gasteiger partial charge in [-0.25, -0.2) is 18.1 Å². The van der Waals surface area contributed by atoms with Gasteiger partial charge in [0.15, 0.2) is 0 Å². The third-order valence-electron chi connectivity index (χ3n) is 11.8. The van der Waals surface area contributed by atoms with Crippen molar-refractivity contribution in [2.24, 2.45) is 5.92 Å². The molecule has 0 saturated carbocycles. The molecule has 17 heteroatoms. The molecule has 6 heterocycles. The summed E-state index contributed by atoms with van der Waals surface area (Å²) in [6.45, 7) is 6.09. The largest absolute Gasteiger partial charge is 0.455 e. The number of sulfonamides is 1. The number of pyridine rings is 1. The Morgan fingerprint density at radius 3 is 2.60 bits per heavy atom. The number of aromatic nitrogens is 2. The molecule has 2 amide bonds. The first-order valence-corrected chi connectivity index (χ1v) is 22.9. The average Bonchev–Trinajstić information content (AvgIpc) is 4.02. The summed E-state index contributed by atoms with van der Waals surface area (Å²) in [5.74, 6) is 0.0115. The number of hydrogen-bond acceptors (Lipinski definition) is 13. The third-order valence-corrected chi connectivity index (χ3v) is 13.9. The lowest BCUT2D eigenvalue weighted by atomic mass is 9.93. The summed E-state index contributed by atoms with van der Waals surface area (Å²) in [6.07, 6.45) is 5.88. The standard InChI is InChI=1S/C45H46N8O7S2/c54-44(50-62(57,58)37-8-10-39(40(25-37)49-56)47-26-30-12-19-59-20-13-30)38-9-7-34(24-41(38)60-36-23-32-11-14-46-43(32)48-27-36)52-17-15-51(16-18-52)29-35-22-31-4-1-2-5-33(31)28-53(35)45(55)42-6-3-21-61-42/h1-2,4-11,14,23-25,27,30,35,47,49,56H,12-13,15-20,22,26,28-29H2,(H,46,48)(H,50,54). The van der Waals surface area contributed by atoms with Gasteiger partial charge >= 0.3 is 0 Å². The zero-order valence-corrected chi connectivity index (χ0v) is 35.4. The van der Waals surface area contributed by atoms with Crippen LogP contribution in [0.25, 0.3) is 11.0 Å². The molecule has 3 aromatic carbocycles. The first-order valence-electron chi connectivity index (χ1n) is 20.6. The van der Waals surface area contributed by atoms with E-state index in [2.05, 4.69) is 58.9 Å². The van der Waals surface area contributed by atoms with Crippen molar-refractivity contribution in [1.29, 1.82) is 0 Å². The van der Waals surface area contributed by atoms with E-state index in [1.165, 1.54) is 40.8 Å². The Bertz CT molecular complexity index is 2660. The SMILES string of the molecule is O=C(NS(=O)(=O)c1ccc(NCC2CCOCC2)c(NO)c1)c1ccc(N2CCN(CC3Cc4ccccc4CN3C(=O)c3cc#cs3)CC2)cc1Oc1cnc2[nH]ccc2c1. The molecule has 3 aliphatic heterocycles. The van der Waals surface area contributed by atoms with Gasteiger partial charge in [0.05, 0.1) is 28.0 Å². The Morgan fingerprint density at radius 2 is 1.81 bits per heavy atom. The van der Waals surface area contributed by atoms with E-state index in [9.17, 15) is 23.2 Å². The molecule has 2 saturated heterocycles. The zero-order chi connectivity index (χ0) is 42.6. The Hall–Kier alpha value is -6.16. The molecule has 1 unspecified atom stereocenters. The average molecular weight is 875 g/mol. The molecule has 6 aromatic rings. The normalized spacial score (nSPS) is 17.3. The van der Waals surface area contributed by atoms with E-state index in [-0.39, 0.29) is 33.8 Å². The summed E-state index contributed by atoms with van der Waals surface area (Å²) in [5.41, 5.74) is 6.66. The van der Waals surface area contributed by atoms with Gasteiger partial charge in [0.1, 0.15) is 22.0 Å². The molecule has 0 aliphatic carbocycles. The first kappa shape index (κ1) is 41.2. The number of rotatable bonds is 13. The van der Waals surface area contributed by atoms with Crippen LogP contribution >= 0.6 is 11.3 Å². The van der Waals surface area contributed by atoms with Gasteiger partial charge in [0.2, 0.25) is 0 Å². The van der Waals surface area contributed by atoms with Crippen LogP contribution < -0.4 is 25.2 Å². The number of fused-ring (bicyclic) bond motifs is 2. The third kappa shape index (κ3) is 9.06. The molecule has 3 aliphatic rings. The molecular formula is C45H46N8O7S2. The molecule has 9 rings (SSSR count). The van der Waals surface area contributed by atoms with Crippen LogP contribution in [-0.2, 0) is 27.7 Å². The van der Waals surface area contributed by atoms with E-state index in [0.29, 0.717) is 73.8 Å². The van der Waals surface area contributed by atoms with E-state index in [0.717, 1.165) is 43.4 Å². The Labute approximate surface area is 363 Å². The van der Waals surface area contributed by atoms with E-state index in [1.54, 1.807) is 42.6 Å².